The summed E-state index contributed by atoms with van der Waals surface area (Å²) in [5.41, 5.74) is 9.93. The molecular weight excluding hydrogens is 649 g/mol. The summed E-state index contributed by atoms with van der Waals surface area (Å²) in [6.07, 6.45) is 0. The quantitative estimate of drug-likeness (QED) is 0.162. The Morgan fingerprint density at radius 3 is 1.20 bits per heavy atom. The van der Waals surface area contributed by atoms with Gasteiger partial charge in [0, 0.05) is 0 Å². The van der Waals surface area contributed by atoms with Crippen LogP contribution in [0.2, 0.25) is 0 Å². The van der Waals surface area contributed by atoms with Crippen LogP contribution in [0.5, 0.6) is 0 Å². The van der Waals surface area contributed by atoms with Crippen LogP contribution in [0.3, 0.4) is 0 Å². The third-order valence-corrected chi connectivity index (χ3v) is 12.0. The number of hydrogen-bond donors (Lipinski definition) is 0. The molecule has 0 bridgehead atoms. The first-order valence-corrected chi connectivity index (χ1v) is 18.8. The standard InChI is InChI=1S/C54H32/c1-2-14-41-33(8-1)9-7-17-42(41)40-26-29-46(50(32-40)47-28-23-39-21-19-35-11-6-13-37-25-31-49(47)54(39)52(35)37)44-16-4-3-15-43(44)45-27-22-38-20-18-34-10-5-12-36-24-30-48(45)53(38)51(34)36/h1-32H. The summed E-state index contributed by atoms with van der Waals surface area (Å²) < 4.78 is 0. The lowest BCUT2D eigenvalue weighted by Crippen LogP contribution is -1.94. The van der Waals surface area contributed by atoms with E-state index >= 15 is 0 Å². The van der Waals surface area contributed by atoms with Gasteiger partial charge in [-0.15, -0.1) is 0 Å². The van der Waals surface area contributed by atoms with Gasteiger partial charge in [0.1, 0.15) is 0 Å². The molecule has 0 unspecified atom stereocenters. The van der Waals surface area contributed by atoms with Crippen molar-refractivity contribution in [3.05, 3.63) is 194 Å². The van der Waals surface area contributed by atoms with E-state index in [1.165, 1.54) is 120 Å². The third kappa shape index (κ3) is 4.20. The Balaban J connectivity index is 1.16. The molecule has 12 aromatic carbocycles. The van der Waals surface area contributed by atoms with Crippen LogP contribution in [-0.4, -0.2) is 0 Å². The number of benzene rings is 12. The maximum absolute atomic E-state index is 2.45. The van der Waals surface area contributed by atoms with Crippen molar-refractivity contribution in [1.82, 2.24) is 0 Å². The minimum Gasteiger partial charge on any atom is -0.0616 e. The molecule has 0 atom stereocenters. The van der Waals surface area contributed by atoms with Gasteiger partial charge in [-0.05, 0) is 126 Å². The second-order valence-corrected chi connectivity index (χ2v) is 14.8. The van der Waals surface area contributed by atoms with Crippen molar-refractivity contribution in [3.8, 4) is 44.5 Å². The fourth-order valence-electron chi connectivity index (χ4n) is 9.54. The molecule has 0 radical (unpaired) electrons. The molecular formula is C54H32. The van der Waals surface area contributed by atoms with Crippen molar-refractivity contribution in [2.45, 2.75) is 0 Å². The Morgan fingerprint density at radius 1 is 0.185 bits per heavy atom. The summed E-state index contributed by atoms with van der Waals surface area (Å²) in [4.78, 5) is 0. The minimum absolute atomic E-state index is 1.22. The van der Waals surface area contributed by atoms with Crippen molar-refractivity contribution in [2.75, 3.05) is 0 Å². The highest BCUT2D eigenvalue weighted by atomic mass is 14.2. The molecule has 0 aliphatic carbocycles. The normalized spacial score (nSPS) is 12.1. The van der Waals surface area contributed by atoms with E-state index in [2.05, 4.69) is 194 Å². The molecule has 248 valence electrons. The molecule has 0 aromatic heterocycles. The number of rotatable bonds is 4. The second kappa shape index (κ2) is 11.2. The van der Waals surface area contributed by atoms with E-state index in [4.69, 9.17) is 0 Å². The zero-order chi connectivity index (χ0) is 35.3. The van der Waals surface area contributed by atoms with E-state index in [0.717, 1.165) is 0 Å². The van der Waals surface area contributed by atoms with E-state index in [-0.39, 0.29) is 0 Å². The van der Waals surface area contributed by atoms with E-state index in [1.54, 1.807) is 0 Å². The molecule has 0 heterocycles. The molecule has 0 N–H and O–H groups in total. The lowest BCUT2D eigenvalue weighted by Gasteiger charge is -2.20. The summed E-state index contributed by atoms with van der Waals surface area (Å²) in [5, 5.41) is 18.2. The maximum atomic E-state index is 2.45. The molecule has 0 amide bonds. The van der Waals surface area contributed by atoms with E-state index in [0.29, 0.717) is 0 Å². The Kier molecular flexibility index (Phi) is 6.15. The highest BCUT2D eigenvalue weighted by molar-refractivity contribution is 6.27. The van der Waals surface area contributed by atoms with E-state index < -0.39 is 0 Å². The number of hydrogen-bond acceptors (Lipinski definition) is 0. The summed E-state index contributed by atoms with van der Waals surface area (Å²) >= 11 is 0. The minimum atomic E-state index is 1.22. The largest absolute Gasteiger partial charge is 0.0616 e. The van der Waals surface area contributed by atoms with Gasteiger partial charge >= 0.3 is 0 Å². The third-order valence-electron chi connectivity index (χ3n) is 12.0. The first kappa shape index (κ1) is 29.5. The van der Waals surface area contributed by atoms with Gasteiger partial charge in [-0.3, -0.25) is 0 Å². The van der Waals surface area contributed by atoms with Crippen LogP contribution in [0.1, 0.15) is 0 Å². The zero-order valence-corrected chi connectivity index (χ0v) is 29.5. The first-order chi connectivity index (χ1) is 26.8. The van der Waals surface area contributed by atoms with Crippen LogP contribution in [0.15, 0.2) is 194 Å². The predicted molar refractivity (Wildman–Crippen MR) is 233 cm³/mol. The van der Waals surface area contributed by atoms with Gasteiger partial charge in [0.2, 0.25) is 0 Å². The lowest BCUT2D eigenvalue weighted by atomic mass is 9.83. The van der Waals surface area contributed by atoms with Crippen molar-refractivity contribution in [2.24, 2.45) is 0 Å². The molecule has 0 saturated carbocycles. The monoisotopic (exact) mass is 680 g/mol. The molecule has 0 fully saturated rings. The topological polar surface area (TPSA) is 0 Å². The van der Waals surface area contributed by atoms with Crippen LogP contribution in [0.25, 0.3) is 120 Å². The molecule has 0 saturated heterocycles. The van der Waals surface area contributed by atoms with Crippen molar-refractivity contribution in [3.63, 3.8) is 0 Å². The number of fused-ring (bicyclic) bond motifs is 1. The molecule has 0 nitrogen and oxygen atoms in total. The summed E-state index contributed by atoms with van der Waals surface area (Å²) in [6.45, 7) is 0. The van der Waals surface area contributed by atoms with Crippen LogP contribution < -0.4 is 0 Å². The van der Waals surface area contributed by atoms with Crippen LogP contribution in [0.4, 0.5) is 0 Å². The Hall–Kier alpha value is -7.02. The Morgan fingerprint density at radius 2 is 0.574 bits per heavy atom. The van der Waals surface area contributed by atoms with Gasteiger partial charge in [0.05, 0.1) is 0 Å². The van der Waals surface area contributed by atoms with Crippen molar-refractivity contribution >= 4 is 75.4 Å². The van der Waals surface area contributed by atoms with Gasteiger partial charge < -0.3 is 0 Å². The van der Waals surface area contributed by atoms with Crippen LogP contribution in [-0.2, 0) is 0 Å². The Labute approximate surface area is 312 Å². The molecule has 0 aliphatic heterocycles. The first-order valence-electron chi connectivity index (χ1n) is 18.8. The predicted octanol–water partition coefficient (Wildman–Crippen LogP) is 15.3. The van der Waals surface area contributed by atoms with Gasteiger partial charge in [0.15, 0.2) is 0 Å². The second-order valence-electron chi connectivity index (χ2n) is 14.8. The summed E-state index contributed by atoms with van der Waals surface area (Å²) in [5.74, 6) is 0. The molecule has 12 aromatic rings. The Bertz CT molecular complexity index is 3400. The molecule has 12 rings (SSSR count). The smallest absolute Gasteiger partial charge is 0.00206 e. The van der Waals surface area contributed by atoms with E-state index in [9.17, 15) is 0 Å². The molecule has 0 heteroatoms. The van der Waals surface area contributed by atoms with Gasteiger partial charge in [-0.2, -0.15) is 0 Å². The highest BCUT2D eigenvalue weighted by Crippen LogP contribution is 2.47. The average Bonchev–Trinajstić information content (AvgIpc) is 3.24. The van der Waals surface area contributed by atoms with Gasteiger partial charge in [0.25, 0.3) is 0 Å². The molecule has 54 heavy (non-hydrogen) atoms. The summed E-state index contributed by atoms with van der Waals surface area (Å²) in [7, 11) is 0. The molecule has 0 aliphatic rings. The van der Waals surface area contributed by atoms with Crippen LogP contribution in [0, 0.1) is 0 Å². The lowest BCUT2D eigenvalue weighted by molar-refractivity contribution is 1.58. The van der Waals surface area contributed by atoms with Crippen LogP contribution >= 0.6 is 0 Å². The van der Waals surface area contributed by atoms with Gasteiger partial charge in [-0.1, -0.05) is 188 Å². The van der Waals surface area contributed by atoms with Gasteiger partial charge in [-0.25, -0.2) is 0 Å². The SMILES string of the molecule is c1ccc(-c2ccc3ccc4cccc5ccc2c3c45)c(-c2ccc(-c3cccc4ccccc34)cc2-c2ccc3ccc4cccc5ccc2c3c45)c1. The fraction of sp³-hybridized carbons (Fsp3) is 0. The van der Waals surface area contributed by atoms with Crippen molar-refractivity contribution < 1.29 is 0 Å². The fourth-order valence-corrected chi connectivity index (χ4v) is 9.54. The average molecular weight is 681 g/mol. The molecule has 0 spiro atoms. The zero-order valence-electron chi connectivity index (χ0n) is 29.5. The van der Waals surface area contributed by atoms with E-state index in [1.807, 2.05) is 0 Å². The maximum Gasteiger partial charge on any atom is -0.00206 e. The summed E-state index contributed by atoms with van der Waals surface area (Å²) in [6, 6.07) is 72.6. The van der Waals surface area contributed by atoms with Crippen molar-refractivity contribution in [1.29, 1.82) is 0 Å². The highest BCUT2D eigenvalue weighted by Gasteiger charge is 2.20.